The SMILES string of the molecule is CC(C)(C#N)CNC(=O)CSCC(=O)O. The van der Waals surface area contributed by atoms with E-state index in [1.807, 2.05) is 0 Å². The van der Waals surface area contributed by atoms with E-state index in [1.54, 1.807) is 13.8 Å². The van der Waals surface area contributed by atoms with Crippen LogP contribution in [0.5, 0.6) is 0 Å². The van der Waals surface area contributed by atoms with E-state index < -0.39 is 11.4 Å². The largest absolute Gasteiger partial charge is 0.481 e. The van der Waals surface area contributed by atoms with Gasteiger partial charge in [0, 0.05) is 6.54 Å². The highest BCUT2D eigenvalue weighted by Crippen LogP contribution is 2.10. The number of aliphatic carboxylic acids is 1. The topological polar surface area (TPSA) is 90.2 Å². The first-order valence-corrected chi connectivity index (χ1v) is 5.50. The van der Waals surface area contributed by atoms with Gasteiger partial charge in [0.1, 0.15) is 0 Å². The van der Waals surface area contributed by atoms with Gasteiger partial charge in [-0.2, -0.15) is 5.26 Å². The Labute approximate surface area is 92.8 Å². The molecule has 2 N–H and O–H groups in total. The average molecular weight is 230 g/mol. The lowest BCUT2D eigenvalue weighted by Gasteiger charge is -2.15. The zero-order valence-corrected chi connectivity index (χ0v) is 9.56. The Bertz CT molecular complexity index is 284. The number of rotatable bonds is 6. The second-order valence-electron chi connectivity index (χ2n) is 3.66. The molecule has 5 nitrogen and oxygen atoms in total. The van der Waals surface area contributed by atoms with Crippen LogP contribution in [0.4, 0.5) is 0 Å². The third-order valence-electron chi connectivity index (χ3n) is 1.49. The van der Waals surface area contributed by atoms with E-state index in [9.17, 15) is 9.59 Å². The summed E-state index contributed by atoms with van der Waals surface area (Å²) in [5.74, 6) is -1.17. The summed E-state index contributed by atoms with van der Waals surface area (Å²) in [4.78, 5) is 21.3. The van der Waals surface area contributed by atoms with Crippen molar-refractivity contribution in [2.75, 3.05) is 18.1 Å². The van der Waals surface area contributed by atoms with Crippen molar-refractivity contribution in [3.63, 3.8) is 0 Å². The molecule has 0 aromatic rings. The van der Waals surface area contributed by atoms with Crippen molar-refractivity contribution < 1.29 is 14.7 Å². The van der Waals surface area contributed by atoms with Gasteiger partial charge in [0.2, 0.25) is 5.91 Å². The maximum absolute atomic E-state index is 11.2. The molecule has 0 saturated carbocycles. The van der Waals surface area contributed by atoms with Crippen LogP contribution in [0.25, 0.3) is 0 Å². The van der Waals surface area contributed by atoms with Crippen LogP contribution >= 0.6 is 11.8 Å². The third-order valence-corrected chi connectivity index (χ3v) is 2.41. The molecule has 84 valence electrons. The van der Waals surface area contributed by atoms with Crippen LogP contribution in [0.2, 0.25) is 0 Å². The Morgan fingerprint density at radius 1 is 1.47 bits per heavy atom. The molecular formula is C9H14N2O3S. The third kappa shape index (κ3) is 7.82. The highest BCUT2D eigenvalue weighted by atomic mass is 32.2. The fraction of sp³-hybridized carbons (Fsp3) is 0.667. The lowest BCUT2D eigenvalue weighted by molar-refractivity contribution is -0.133. The standard InChI is InChI=1S/C9H14N2O3S/c1-9(2,5-10)6-11-7(12)3-15-4-8(13)14/h3-4,6H2,1-2H3,(H,11,12)(H,13,14). The Kier molecular flexibility index (Phi) is 5.79. The normalized spacial score (nSPS) is 10.5. The summed E-state index contributed by atoms with van der Waals surface area (Å²) >= 11 is 1.03. The molecule has 0 unspecified atom stereocenters. The highest BCUT2D eigenvalue weighted by molar-refractivity contribution is 8.00. The van der Waals surface area contributed by atoms with Crippen LogP contribution in [-0.4, -0.2) is 35.0 Å². The van der Waals surface area contributed by atoms with Crippen molar-refractivity contribution in [2.45, 2.75) is 13.8 Å². The van der Waals surface area contributed by atoms with Crippen LogP contribution in [0.15, 0.2) is 0 Å². The molecule has 0 saturated heterocycles. The van der Waals surface area contributed by atoms with Crippen molar-refractivity contribution in [3.8, 4) is 6.07 Å². The first-order valence-electron chi connectivity index (χ1n) is 4.35. The van der Waals surface area contributed by atoms with E-state index in [2.05, 4.69) is 11.4 Å². The molecule has 0 atom stereocenters. The van der Waals surface area contributed by atoms with Crippen LogP contribution in [-0.2, 0) is 9.59 Å². The molecule has 0 heterocycles. The molecule has 6 heteroatoms. The number of hydrogen-bond donors (Lipinski definition) is 2. The number of carbonyl (C=O) groups is 2. The van der Waals surface area contributed by atoms with Gasteiger partial charge in [0.15, 0.2) is 0 Å². The summed E-state index contributed by atoms with van der Waals surface area (Å²) in [6, 6.07) is 2.06. The maximum Gasteiger partial charge on any atom is 0.313 e. The van der Waals surface area contributed by atoms with Crippen LogP contribution in [0, 0.1) is 16.7 Å². The number of nitrogens with zero attached hydrogens (tertiary/aromatic N) is 1. The minimum absolute atomic E-state index is 0.0882. The molecule has 0 aromatic carbocycles. The van der Waals surface area contributed by atoms with Crippen LogP contribution in [0.1, 0.15) is 13.8 Å². The Morgan fingerprint density at radius 3 is 2.53 bits per heavy atom. The predicted molar refractivity (Wildman–Crippen MR) is 57.4 cm³/mol. The molecule has 0 bridgehead atoms. The molecule has 0 spiro atoms. The van der Waals surface area contributed by atoms with Gasteiger partial charge in [-0.3, -0.25) is 9.59 Å². The zero-order chi connectivity index (χ0) is 11.9. The molecule has 0 aliphatic carbocycles. The molecule has 0 rings (SSSR count). The fourth-order valence-electron chi connectivity index (χ4n) is 0.641. The van der Waals surface area contributed by atoms with E-state index in [4.69, 9.17) is 10.4 Å². The number of thioether (sulfide) groups is 1. The summed E-state index contributed by atoms with van der Waals surface area (Å²) in [6.45, 7) is 3.71. The molecular weight excluding hydrogens is 216 g/mol. The molecule has 0 radical (unpaired) electrons. The number of nitriles is 1. The maximum atomic E-state index is 11.2. The minimum atomic E-state index is -0.940. The van der Waals surface area contributed by atoms with E-state index in [0.717, 1.165) is 11.8 Å². The van der Waals surface area contributed by atoms with E-state index in [1.165, 1.54) is 0 Å². The number of carbonyl (C=O) groups excluding carboxylic acids is 1. The first-order chi connectivity index (χ1) is 6.87. The summed E-state index contributed by atoms with van der Waals surface area (Å²) in [5, 5.41) is 19.6. The van der Waals surface area contributed by atoms with Crippen LogP contribution < -0.4 is 5.32 Å². The van der Waals surface area contributed by atoms with E-state index in [0.29, 0.717) is 0 Å². The van der Waals surface area contributed by atoms with Gasteiger partial charge in [-0.05, 0) is 13.8 Å². The zero-order valence-electron chi connectivity index (χ0n) is 8.74. The fourth-order valence-corrected chi connectivity index (χ4v) is 1.21. The second kappa shape index (κ2) is 6.30. The van der Waals surface area contributed by atoms with Gasteiger partial charge in [-0.25, -0.2) is 0 Å². The van der Waals surface area contributed by atoms with Gasteiger partial charge < -0.3 is 10.4 Å². The number of amides is 1. The molecule has 0 aliphatic rings. The van der Waals surface area contributed by atoms with Crippen molar-refractivity contribution >= 4 is 23.6 Å². The number of nitrogens with one attached hydrogen (secondary N) is 1. The van der Waals surface area contributed by atoms with E-state index in [-0.39, 0.29) is 24.0 Å². The lowest BCUT2D eigenvalue weighted by atomic mass is 9.96. The smallest absolute Gasteiger partial charge is 0.313 e. The molecule has 15 heavy (non-hydrogen) atoms. The van der Waals surface area contributed by atoms with Crippen molar-refractivity contribution in [1.82, 2.24) is 5.32 Å². The van der Waals surface area contributed by atoms with Crippen molar-refractivity contribution in [3.05, 3.63) is 0 Å². The predicted octanol–water partition coefficient (Wildman–Crippen LogP) is 0.470. The van der Waals surface area contributed by atoms with E-state index >= 15 is 0 Å². The first kappa shape index (κ1) is 13.8. The van der Waals surface area contributed by atoms with Crippen molar-refractivity contribution in [1.29, 1.82) is 5.26 Å². The Balaban J connectivity index is 3.68. The van der Waals surface area contributed by atoms with Gasteiger partial charge in [0.25, 0.3) is 0 Å². The number of carboxylic acids is 1. The Hall–Kier alpha value is -1.22. The summed E-state index contributed by atoms with van der Waals surface area (Å²) in [5.41, 5.74) is -0.590. The quantitative estimate of drug-likeness (QED) is 0.692. The monoisotopic (exact) mass is 230 g/mol. The Morgan fingerprint density at radius 2 is 2.07 bits per heavy atom. The molecule has 0 fully saturated rings. The second-order valence-corrected chi connectivity index (χ2v) is 4.64. The highest BCUT2D eigenvalue weighted by Gasteiger charge is 2.17. The van der Waals surface area contributed by atoms with Gasteiger partial charge in [-0.1, -0.05) is 0 Å². The van der Waals surface area contributed by atoms with Crippen molar-refractivity contribution in [2.24, 2.45) is 5.41 Å². The van der Waals surface area contributed by atoms with Crippen LogP contribution in [0.3, 0.4) is 0 Å². The van der Waals surface area contributed by atoms with Gasteiger partial charge in [-0.15, -0.1) is 11.8 Å². The molecule has 0 aromatic heterocycles. The average Bonchev–Trinajstić information content (AvgIpc) is 2.14. The summed E-state index contributed by atoms with van der Waals surface area (Å²) < 4.78 is 0. The minimum Gasteiger partial charge on any atom is -0.481 e. The van der Waals surface area contributed by atoms with Gasteiger partial charge in [0.05, 0.1) is 23.0 Å². The van der Waals surface area contributed by atoms with Gasteiger partial charge >= 0.3 is 5.97 Å². The molecule has 1 amide bonds. The number of hydrogen-bond acceptors (Lipinski definition) is 4. The number of carboxylic acid groups (broad SMARTS) is 1. The molecule has 0 aliphatic heterocycles. The summed E-state index contributed by atoms with van der Waals surface area (Å²) in [6.07, 6.45) is 0. The summed E-state index contributed by atoms with van der Waals surface area (Å²) in [7, 11) is 0. The lowest BCUT2D eigenvalue weighted by Crippen LogP contribution is -2.34.